The second kappa shape index (κ2) is 7.40. The number of nitrogens with zero attached hydrogens (tertiary/aromatic N) is 1. The van der Waals surface area contributed by atoms with Crippen molar-refractivity contribution in [1.82, 2.24) is 0 Å². The molecule has 0 aliphatic carbocycles. The Morgan fingerprint density at radius 2 is 2.00 bits per heavy atom. The van der Waals surface area contributed by atoms with Crippen molar-refractivity contribution in [3.8, 4) is 17.2 Å². The van der Waals surface area contributed by atoms with E-state index >= 15 is 0 Å². The molecule has 0 radical (unpaired) electrons. The lowest BCUT2D eigenvalue weighted by Gasteiger charge is -2.15. The number of methoxy groups -OCH3 is 2. The van der Waals surface area contributed by atoms with Gasteiger partial charge in [0.1, 0.15) is 17.0 Å². The van der Waals surface area contributed by atoms with Gasteiger partial charge in [-0.1, -0.05) is 0 Å². The lowest BCUT2D eigenvalue weighted by Crippen LogP contribution is -2.11. The van der Waals surface area contributed by atoms with E-state index in [1.54, 1.807) is 25.1 Å². The highest BCUT2D eigenvalue weighted by molar-refractivity contribution is 5.98. The van der Waals surface area contributed by atoms with Crippen LogP contribution in [0.15, 0.2) is 30.3 Å². The number of fused-ring (bicyclic) bond motifs is 1. The quantitative estimate of drug-likeness (QED) is 0.447. The Labute approximate surface area is 154 Å². The van der Waals surface area contributed by atoms with Crippen molar-refractivity contribution in [3.05, 3.63) is 51.6 Å². The summed E-state index contributed by atoms with van der Waals surface area (Å²) in [6.07, 6.45) is -0.899. The van der Waals surface area contributed by atoms with Crippen molar-refractivity contribution in [2.24, 2.45) is 0 Å². The number of benzene rings is 2. The fraction of sp³-hybridized carbons (Fsp3) is 0.278. The van der Waals surface area contributed by atoms with Gasteiger partial charge in [-0.05, 0) is 31.2 Å². The van der Waals surface area contributed by atoms with Gasteiger partial charge in [-0.25, -0.2) is 4.79 Å². The van der Waals surface area contributed by atoms with Gasteiger partial charge in [0, 0.05) is 5.56 Å². The molecule has 0 saturated carbocycles. The van der Waals surface area contributed by atoms with Crippen LogP contribution in [0.2, 0.25) is 0 Å². The average Bonchev–Trinajstić information content (AvgIpc) is 2.97. The molecule has 9 nitrogen and oxygen atoms in total. The summed E-state index contributed by atoms with van der Waals surface area (Å²) in [6, 6.07) is 7.72. The maximum atomic E-state index is 12.3. The first-order valence-electron chi connectivity index (χ1n) is 8.13. The largest absolute Gasteiger partial charge is 0.494 e. The molecule has 0 spiro atoms. The minimum atomic E-state index is -0.899. The highest BCUT2D eigenvalue weighted by Gasteiger charge is 2.36. The molecule has 0 saturated heterocycles. The van der Waals surface area contributed by atoms with Crippen molar-refractivity contribution in [2.75, 3.05) is 26.1 Å². The zero-order valence-corrected chi connectivity index (χ0v) is 15.0. The van der Waals surface area contributed by atoms with E-state index in [4.69, 9.17) is 18.9 Å². The molecular formula is C18H18N2O7. The van der Waals surface area contributed by atoms with E-state index in [2.05, 4.69) is 5.32 Å². The summed E-state index contributed by atoms with van der Waals surface area (Å²) >= 11 is 0. The number of carbonyl (C=O) groups is 1. The Morgan fingerprint density at radius 3 is 2.63 bits per heavy atom. The second-order valence-electron chi connectivity index (χ2n) is 5.56. The number of hydrogen-bond donors (Lipinski definition) is 1. The van der Waals surface area contributed by atoms with Crippen LogP contribution in [0.3, 0.4) is 0 Å². The number of nitro groups is 1. The molecule has 0 amide bonds. The number of hydrogen-bond acceptors (Lipinski definition) is 8. The third kappa shape index (κ3) is 3.31. The summed E-state index contributed by atoms with van der Waals surface area (Å²) in [5.41, 5.74) is 0.735. The van der Waals surface area contributed by atoms with Gasteiger partial charge in [0.2, 0.25) is 6.23 Å². The predicted molar refractivity (Wildman–Crippen MR) is 95.6 cm³/mol. The smallest absolute Gasteiger partial charge is 0.344 e. The van der Waals surface area contributed by atoms with Crippen LogP contribution in [-0.4, -0.2) is 31.7 Å². The Hall–Kier alpha value is -3.49. The zero-order chi connectivity index (χ0) is 19.6. The van der Waals surface area contributed by atoms with Crippen LogP contribution < -0.4 is 19.5 Å². The van der Waals surface area contributed by atoms with Crippen LogP contribution in [0.4, 0.5) is 11.4 Å². The Kier molecular flexibility index (Phi) is 5.02. The fourth-order valence-corrected chi connectivity index (χ4v) is 2.89. The average molecular weight is 374 g/mol. The van der Waals surface area contributed by atoms with Crippen LogP contribution in [0.1, 0.15) is 29.1 Å². The molecule has 0 fully saturated rings. The minimum Gasteiger partial charge on any atom is -0.494 e. The highest BCUT2D eigenvalue weighted by atomic mass is 16.6. The summed E-state index contributed by atoms with van der Waals surface area (Å²) in [6.45, 7) is 2.17. The van der Waals surface area contributed by atoms with Gasteiger partial charge in [0.05, 0.1) is 31.8 Å². The van der Waals surface area contributed by atoms with Crippen molar-refractivity contribution >= 4 is 17.3 Å². The molecule has 1 unspecified atom stereocenters. The highest BCUT2D eigenvalue weighted by Crippen LogP contribution is 2.43. The molecule has 0 aromatic heterocycles. The molecule has 27 heavy (non-hydrogen) atoms. The first-order chi connectivity index (χ1) is 13.0. The van der Waals surface area contributed by atoms with Crippen LogP contribution >= 0.6 is 0 Å². The molecule has 2 aromatic carbocycles. The molecular weight excluding hydrogens is 356 g/mol. The molecule has 1 aliphatic heterocycles. The maximum absolute atomic E-state index is 12.3. The topological polar surface area (TPSA) is 109 Å². The Bertz CT molecular complexity index is 898. The number of ether oxygens (including phenoxy) is 4. The molecule has 1 N–H and O–H groups in total. The second-order valence-corrected chi connectivity index (χ2v) is 5.56. The minimum absolute atomic E-state index is 0.189. The van der Waals surface area contributed by atoms with Crippen LogP contribution in [0, 0.1) is 10.1 Å². The van der Waals surface area contributed by atoms with E-state index in [9.17, 15) is 14.9 Å². The van der Waals surface area contributed by atoms with Crippen molar-refractivity contribution in [2.45, 2.75) is 13.2 Å². The van der Waals surface area contributed by atoms with Crippen molar-refractivity contribution < 1.29 is 28.7 Å². The van der Waals surface area contributed by atoms with Gasteiger partial charge < -0.3 is 24.3 Å². The molecule has 142 valence electrons. The molecule has 1 atom stereocenters. The van der Waals surface area contributed by atoms with Gasteiger partial charge in [-0.15, -0.1) is 0 Å². The summed E-state index contributed by atoms with van der Waals surface area (Å²) in [5, 5.41) is 14.3. The van der Waals surface area contributed by atoms with E-state index in [0.29, 0.717) is 23.7 Å². The molecule has 1 heterocycles. The van der Waals surface area contributed by atoms with Crippen LogP contribution in [-0.2, 0) is 4.74 Å². The standard InChI is InChI=1S/C18H18N2O7/c1-4-26-10-5-7-12(13(9-10)20(22)23)19-17-11-6-8-14(24-2)16(25-3)15(11)18(21)27-17/h5-9,17,19H,4H2,1-3H3. The van der Waals surface area contributed by atoms with E-state index < -0.39 is 17.1 Å². The monoisotopic (exact) mass is 374 g/mol. The number of cyclic esters (lactones) is 1. The van der Waals surface area contributed by atoms with Gasteiger partial charge in [-0.3, -0.25) is 10.1 Å². The van der Waals surface area contributed by atoms with Crippen LogP contribution in [0.5, 0.6) is 17.2 Å². The lowest BCUT2D eigenvalue weighted by molar-refractivity contribution is -0.384. The normalized spacial score (nSPS) is 14.9. The first kappa shape index (κ1) is 18.3. The van der Waals surface area contributed by atoms with Crippen molar-refractivity contribution in [3.63, 3.8) is 0 Å². The fourth-order valence-electron chi connectivity index (χ4n) is 2.89. The number of anilines is 1. The zero-order valence-electron chi connectivity index (χ0n) is 15.0. The summed E-state index contributed by atoms with van der Waals surface area (Å²) in [4.78, 5) is 23.2. The summed E-state index contributed by atoms with van der Waals surface area (Å²) in [5.74, 6) is 0.420. The Balaban J connectivity index is 1.98. The molecule has 0 bridgehead atoms. The number of nitro benzene ring substituents is 1. The third-order valence-electron chi connectivity index (χ3n) is 4.05. The van der Waals surface area contributed by atoms with Gasteiger partial charge in [0.25, 0.3) is 5.69 Å². The molecule has 9 heteroatoms. The van der Waals surface area contributed by atoms with E-state index in [1.807, 2.05) is 0 Å². The number of nitrogens with one attached hydrogen (secondary N) is 1. The van der Waals surface area contributed by atoms with Crippen LogP contribution in [0.25, 0.3) is 0 Å². The van der Waals surface area contributed by atoms with Crippen molar-refractivity contribution in [1.29, 1.82) is 0 Å². The molecule has 1 aliphatic rings. The molecule has 2 aromatic rings. The Morgan fingerprint density at radius 1 is 1.22 bits per heavy atom. The summed E-state index contributed by atoms with van der Waals surface area (Å²) < 4.78 is 21.1. The maximum Gasteiger partial charge on any atom is 0.344 e. The van der Waals surface area contributed by atoms with E-state index in [1.165, 1.54) is 26.4 Å². The number of carbonyl (C=O) groups excluding carboxylic acids is 1. The SMILES string of the molecule is CCOc1ccc(NC2OC(=O)c3c2ccc(OC)c3OC)c([N+](=O)[O-])c1. The lowest BCUT2D eigenvalue weighted by atomic mass is 10.1. The number of rotatable bonds is 7. The molecule has 3 rings (SSSR count). The van der Waals surface area contributed by atoms with E-state index in [0.717, 1.165) is 0 Å². The van der Waals surface area contributed by atoms with Gasteiger partial charge in [-0.2, -0.15) is 0 Å². The van der Waals surface area contributed by atoms with Gasteiger partial charge >= 0.3 is 5.97 Å². The van der Waals surface area contributed by atoms with E-state index in [-0.39, 0.29) is 22.7 Å². The third-order valence-corrected chi connectivity index (χ3v) is 4.05. The predicted octanol–water partition coefficient (Wildman–Crippen LogP) is 3.29. The summed E-state index contributed by atoms with van der Waals surface area (Å²) in [7, 11) is 2.88. The van der Waals surface area contributed by atoms with Gasteiger partial charge in [0.15, 0.2) is 11.5 Å². The first-order valence-corrected chi connectivity index (χ1v) is 8.13. The number of esters is 1.